The Hall–Kier alpha value is -3.40. The molecule has 3 aromatic carbocycles. The molecule has 1 aromatic heterocycles. The molecule has 156 valence electrons. The first kappa shape index (κ1) is 19.6. The van der Waals surface area contributed by atoms with Gasteiger partial charge in [0.15, 0.2) is 0 Å². The van der Waals surface area contributed by atoms with Crippen molar-refractivity contribution >= 4 is 16.9 Å². The molecule has 4 heteroatoms. The van der Waals surface area contributed by atoms with Crippen molar-refractivity contribution in [1.82, 2.24) is 14.9 Å². The number of imidazole rings is 1. The van der Waals surface area contributed by atoms with Crippen LogP contribution >= 0.6 is 0 Å². The minimum Gasteiger partial charge on any atom is -0.343 e. The molecule has 1 N–H and O–H groups in total. The van der Waals surface area contributed by atoms with E-state index in [2.05, 4.69) is 59.6 Å². The van der Waals surface area contributed by atoms with Crippen molar-refractivity contribution in [1.29, 1.82) is 0 Å². The van der Waals surface area contributed by atoms with Crippen molar-refractivity contribution in [3.05, 3.63) is 102 Å². The number of para-hydroxylation sites is 2. The summed E-state index contributed by atoms with van der Waals surface area (Å²) in [6.45, 7) is 1.58. The first-order valence-electron chi connectivity index (χ1n) is 11.1. The molecule has 0 radical (unpaired) electrons. The van der Waals surface area contributed by atoms with Crippen LogP contribution in [0.25, 0.3) is 11.0 Å². The Balaban J connectivity index is 1.27. The zero-order valence-electron chi connectivity index (χ0n) is 17.6. The molecule has 2 heterocycles. The molecule has 1 aliphatic heterocycles. The van der Waals surface area contributed by atoms with Crippen LogP contribution in [-0.2, 0) is 4.79 Å². The average molecular weight is 410 g/mol. The molecule has 0 unspecified atom stereocenters. The molecule has 1 amide bonds. The Morgan fingerprint density at radius 1 is 0.871 bits per heavy atom. The second kappa shape index (κ2) is 8.76. The van der Waals surface area contributed by atoms with Crippen molar-refractivity contribution in [2.45, 2.75) is 31.1 Å². The third kappa shape index (κ3) is 4.24. The summed E-state index contributed by atoms with van der Waals surface area (Å²) in [4.78, 5) is 23.5. The predicted octanol–water partition coefficient (Wildman–Crippen LogP) is 5.49. The van der Waals surface area contributed by atoms with Gasteiger partial charge in [-0.25, -0.2) is 4.98 Å². The molecule has 0 aliphatic carbocycles. The van der Waals surface area contributed by atoms with Gasteiger partial charge in [-0.3, -0.25) is 4.79 Å². The van der Waals surface area contributed by atoms with Crippen LogP contribution in [0.3, 0.4) is 0 Å². The van der Waals surface area contributed by atoms with Gasteiger partial charge in [0.1, 0.15) is 5.82 Å². The number of piperidine rings is 1. The predicted molar refractivity (Wildman–Crippen MR) is 124 cm³/mol. The third-order valence-corrected chi connectivity index (χ3v) is 6.42. The Morgan fingerprint density at radius 2 is 1.45 bits per heavy atom. The van der Waals surface area contributed by atoms with Gasteiger partial charge in [-0.2, -0.15) is 0 Å². The summed E-state index contributed by atoms with van der Waals surface area (Å²) >= 11 is 0. The smallest absolute Gasteiger partial charge is 0.223 e. The topological polar surface area (TPSA) is 49.0 Å². The number of nitrogens with one attached hydrogen (secondary N) is 1. The summed E-state index contributed by atoms with van der Waals surface area (Å²) in [7, 11) is 0. The number of aromatic nitrogens is 2. The molecule has 1 saturated heterocycles. The summed E-state index contributed by atoms with van der Waals surface area (Å²) in [5, 5.41) is 0. The number of fused-ring (bicyclic) bond motifs is 1. The van der Waals surface area contributed by atoms with E-state index < -0.39 is 0 Å². The number of H-pyrrole nitrogens is 1. The Labute approximate surface area is 182 Å². The number of carbonyl (C=O) groups excluding carboxylic acids is 1. The summed E-state index contributed by atoms with van der Waals surface area (Å²) in [6, 6.07) is 28.9. The summed E-state index contributed by atoms with van der Waals surface area (Å²) in [5.74, 6) is 1.76. The lowest BCUT2D eigenvalue weighted by atomic mass is 9.87. The van der Waals surface area contributed by atoms with Gasteiger partial charge in [0.2, 0.25) is 5.91 Å². The second-order valence-corrected chi connectivity index (χ2v) is 8.37. The summed E-state index contributed by atoms with van der Waals surface area (Å²) in [5.41, 5.74) is 4.49. The molecule has 4 nitrogen and oxygen atoms in total. The van der Waals surface area contributed by atoms with Gasteiger partial charge >= 0.3 is 0 Å². The number of hydrogen-bond acceptors (Lipinski definition) is 2. The average Bonchev–Trinajstić information content (AvgIpc) is 3.28. The molecule has 1 fully saturated rings. The molecule has 5 rings (SSSR count). The fraction of sp³-hybridized carbons (Fsp3) is 0.259. The van der Waals surface area contributed by atoms with Gasteiger partial charge in [0.25, 0.3) is 0 Å². The lowest BCUT2D eigenvalue weighted by molar-refractivity contribution is -0.132. The standard InChI is InChI=1S/C27H27N3O/c31-26(19-23(20-9-3-1-4-10-20)21-11-5-2-6-12-21)30-17-15-22(16-18-30)27-28-24-13-7-8-14-25(24)29-27/h1-14,22-23H,15-19H2,(H,28,29). The number of nitrogens with zero attached hydrogens (tertiary/aromatic N) is 2. The highest BCUT2D eigenvalue weighted by molar-refractivity contribution is 5.78. The number of hydrogen-bond donors (Lipinski definition) is 1. The second-order valence-electron chi connectivity index (χ2n) is 8.37. The molecular weight excluding hydrogens is 382 g/mol. The molecule has 4 aromatic rings. The van der Waals surface area contributed by atoms with Gasteiger partial charge < -0.3 is 9.88 Å². The molecule has 0 bridgehead atoms. The van der Waals surface area contributed by atoms with E-state index in [1.807, 2.05) is 35.2 Å². The van der Waals surface area contributed by atoms with E-state index in [4.69, 9.17) is 4.98 Å². The molecule has 0 spiro atoms. The SMILES string of the molecule is O=C(CC(c1ccccc1)c1ccccc1)N1CCC(c2nc3ccccc3[nH]2)CC1. The number of benzene rings is 3. The number of rotatable bonds is 5. The van der Waals surface area contributed by atoms with Crippen LogP contribution in [0.1, 0.15) is 48.0 Å². The number of carbonyl (C=O) groups is 1. The van der Waals surface area contributed by atoms with E-state index >= 15 is 0 Å². The van der Waals surface area contributed by atoms with Crippen LogP contribution in [0.5, 0.6) is 0 Å². The largest absolute Gasteiger partial charge is 0.343 e. The molecule has 31 heavy (non-hydrogen) atoms. The van der Waals surface area contributed by atoms with Crippen LogP contribution in [0, 0.1) is 0 Å². The van der Waals surface area contributed by atoms with E-state index in [0.29, 0.717) is 12.3 Å². The Bertz CT molecular complexity index is 1070. The molecule has 1 aliphatic rings. The van der Waals surface area contributed by atoms with Gasteiger partial charge in [0, 0.05) is 31.3 Å². The van der Waals surface area contributed by atoms with Gasteiger partial charge in [-0.05, 0) is 36.1 Å². The maximum Gasteiger partial charge on any atom is 0.223 e. The van der Waals surface area contributed by atoms with E-state index in [1.165, 1.54) is 11.1 Å². The van der Waals surface area contributed by atoms with Crippen LogP contribution in [0.15, 0.2) is 84.9 Å². The van der Waals surface area contributed by atoms with Crippen LogP contribution in [-0.4, -0.2) is 33.9 Å². The first-order chi connectivity index (χ1) is 15.3. The van der Waals surface area contributed by atoms with Crippen molar-refractivity contribution in [3.63, 3.8) is 0 Å². The van der Waals surface area contributed by atoms with Gasteiger partial charge in [0.05, 0.1) is 11.0 Å². The molecule has 0 saturated carbocycles. The number of likely N-dealkylation sites (tertiary alicyclic amines) is 1. The number of aromatic amines is 1. The quantitative estimate of drug-likeness (QED) is 0.474. The lowest BCUT2D eigenvalue weighted by Gasteiger charge is -2.32. The van der Waals surface area contributed by atoms with Crippen LogP contribution in [0.4, 0.5) is 0 Å². The molecular formula is C27H27N3O. The molecule has 0 atom stereocenters. The Kier molecular flexibility index (Phi) is 5.53. The minimum absolute atomic E-state index is 0.0861. The van der Waals surface area contributed by atoms with Crippen molar-refractivity contribution in [2.75, 3.05) is 13.1 Å². The monoisotopic (exact) mass is 409 g/mol. The normalized spacial score (nSPS) is 14.9. The number of amides is 1. The zero-order valence-corrected chi connectivity index (χ0v) is 17.6. The fourth-order valence-electron chi connectivity index (χ4n) is 4.67. The highest BCUT2D eigenvalue weighted by Gasteiger charge is 2.28. The van der Waals surface area contributed by atoms with Gasteiger partial charge in [-0.15, -0.1) is 0 Å². The minimum atomic E-state index is 0.0861. The van der Waals surface area contributed by atoms with E-state index in [0.717, 1.165) is 42.8 Å². The van der Waals surface area contributed by atoms with Crippen LogP contribution < -0.4 is 0 Å². The Morgan fingerprint density at radius 3 is 2.06 bits per heavy atom. The van der Waals surface area contributed by atoms with Crippen molar-refractivity contribution in [2.24, 2.45) is 0 Å². The third-order valence-electron chi connectivity index (χ3n) is 6.42. The van der Waals surface area contributed by atoms with Crippen LogP contribution in [0.2, 0.25) is 0 Å². The van der Waals surface area contributed by atoms with E-state index in [9.17, 15) is 4.79 Å². The maximum absolute atomic E-state index is 13.2. The summed E-state index contributed by atoms with van der Waals surface area (Å²) in [6.07, 6.45) is 2.41. The zero-order chi connectivity index (χ0) is 21.0. The summed E-state index contributed by atoms with van der Waals surface area (Å²) < 4.78 is 0. The van der Waals surface area contributed by atoms with Gasteiger partial charge in [-0.1, -0.05) is 72.8 Å². The maximum atomic E-state index is 13.2. The van der Waals surface area contributed by atoms with Crippen molar-refractivity contribution in [3.8, 4) is 0 Å². The van der Waals surface area contributed by atoms with E-state index in [-0.39, 0.29) is 11.8 Å². The highest BCUT2D eigenvalue weighted by atomic mass is 16.2. The lowest BCUT2D eigenvalue weighted by Crippen LogP contribution is -2.38. The fourth-order valence-corrected chi connectivity index (χ4v) is 4.67. The first-order valence-corrected chi connectivity index (χ1v) is 11.1. The van der Waals surface area contributed by atoms with E-state index in [1.54, 1.807) is 0 Å². The van der Waals surface area contributed by atoms with Crippen molar-refractivity contribution < 1.29 is 4.79 Å². The highest BCUT2D eigenvalue weighted by Crippen LogP contribution is 2.31.